The van der Waals surface area contributed by atoms with E-state index in [9.17, 15) is 14.9 Å². The molecule has 1 N–H and O–H groups in total. The highest BCUT2D eigenvalue weighted by Gasteiger charge is 2.61. The zero-order valence-corrected chi connectivity index (χ0v) is 32.0. The first-order chi connectivity index (χ1) is 26.2. The van der Waals surface area contributed by atoms with Crippen LogP contribution in [0.4, 0.5) is 0 Å². The maximum atomic E-state index is 14.0. The van der Waals surface area contributed by atoms with Crippen molar-refractivity contribution in [3.8, 4) is 34.8 Å². The Balaban J connectivity index is 1.36. The number of likely N-dealkylation sites (N-methyl/N-ethyl adjacent to an activating group) is 1. The molecule has 54 heavy (non-hydrogen) atoms. The summed E-state index contributed by atoms with van der Waals surface area (Å²) in [7, 11) is 5.28. The molecular weight excluding hydrogens is 713 g/mol. The van der Waals surface area contributed by atoms with Crippen molar-refractivity contribution in [1.29, 1.82) is 5.26 Å². The number of hydrogen-bond acceptors (Lipinski definition) is 14. The molecule has 0 aromatic heterocycles. The van der Waals surface area contributed by atoms with Gasteiger partial charge >= 0.3 is 11.9 Å². The molecule has 6 aliphatic heterocycles. The largest absolute Gasteiger partial charge is 0.493 e. The molecule has 284 valence electrons. The number of rotatable bonds is 8. The van der Waals surface area contributed by atoms with Crippen molar-refractivity contribution in [2.75, 3.05) is 47.2 Å². The van der Waals surface area contributed by atoms with Gasteiger partial charge in [0.1, 0.15) is 24.4 Å². The topological polar surface area (TPSA) is 141 Å². The van der Waals surface area contributed by atoms with Gasteiger partial charge in [-0.15, -0.1) is 11.8 Å². The number of nitriles is 1. The van der Waals surface area contributed by atoms with Crippen LogP contribution in [0.15, 0.2) is 36.4 Å². The van der Waals surface area contributed by atoms with E-state index in [1.807, 2.05) is 44.2 Å². The van der Waals surface area contributed by atoms with Crippen LogP contribution >= 0.6 is 11.8 Å². The van der Waals surface area contributed by atoms with E-state index in [2.05, 4.69) is 34.3 Å². The number of carbonyl (C=O) groups excluding carboxylic acids is 2. The van der Waals surface area contributed by atoms with E-state index in [1.165, 1.54) is 6.92 Å². The van der Waals surface area contributed by atoms with Gasteiger partial charge in [-0.3, -0.25) is 24.7 Å². The molecular formula is C40H44N4O9S. The minimum Gasteiger partial charge on any atom is -0.493 e. The molecule has 13 nitrogen and oxygen atoms in total. The Morgan fingerprint density at radius 3 is 2.56 bits per heavy atom. The Morgan fingerprint density at radius 1 is 1.06 bits per heavy atom. The summed E-state index contributed by atoms with van der Waals surface area (Å²) in [5.41, 5.74) is 6.11. The summed E-state index contributed by atoms with van der Waals surface area (Å²) < 4.78 is 42.4. The van der Waals surface area contributed by atoms with Gasteiger partial charge in [0.05, 0.1) is 30.5 Å². The number of piperazine rings is 1. The van der Waals surface area contributed by atoms with E-state index in [4.69, 9.17) is 33.2 Å². The van der Waals surface area contributed by atoms with E-state index in [-0.39, 0.29) is 38.2 Å². The number of aryl methyl sites for hydroxylation is 1. The minimum atomic E-state index is -0.651. The zero-order valence-electron chi connectivity index (χ0n) is 31.2. The Hall–Kier alpha value is -4.52. The molecule has 3 aromatic carbocycles. The molecule has 4 bridgehead atoms. The van der Waals surface area contributed by atoms with Crippen molar-refractivity contribution in [3.05, 3.63) is 75.3 Å². The van der Waals surface area contributed by atoms with Crippen LogP contribution in [0.2, 0.25) is 0 Å². The lowest BCUT2D eigenvalue weighted by atomic mass is 9.71. The van der Waals surface area contributed by atoms with Crippen molar-refractivity contribution in [2.45, 2.75) is 75.2 Å². The highest BCUT2D eigenvalue weighted by atomic mass is 32.2. The molecule has 14 heteroatoms. The molecule has 0 aliphatic carbocycles. The van der Waals surface area contributed by atoms with Crippen molar-refractivity contribution < 1.29 is 42.7 Å². The number of methoxy groups -OCH3 is 2. The van der Waals surface area contributed by atoms with Crippen LogP contribution in [0.3, 0.4) is 0 Å². The lowest BCUT2D eigenvalue weighted by Crippen LogP contribution is -2.69. The Morgan fingerprint density at radius 2 is 1.83 bits per heavy atom. The molecule has 6 heterocycles. The zero-order chi connectivity index (χ0) is 37.8. The quantitative estimate of drug-likeness (QED) is 0.193. The number of benzene rings is 3. The fourth-order valence-corrected chi connectivity index (χ4v) is 10.7. The van der Waals surface area contributed by atoms with Crippen LogP contribution in [0.5, 0.6) is 28.7 Å². The minimum absolute atomic E-state index is 0.00887. The van der Waals surface area contributed by atoms with Crippen LogP contribution in [-0.4, -0.2) is 93.1 Å². The van der Waals surface area contributed by atoms with Crippen LogP contribution < -0.4 is 29.0 Å². The fourth-order valence-electron chi connectivity index (χ4n) is 9.18. The highest BCUT2D eigenvalue weighted by Crippen LogP contribution is 2.64. The van der Waals surface area contributed by atoms with Gasteiger partial charge < -0.3 is 33.2 Å². The van der Waals surface area contributed by atoms with Gasteiger partial charge in [-0.2, -0.15) is 5.26 Å². The van der Waals surface area contributed by atoms with Crippen LogP contribution in [0, 0.1) is 25.2 Å². The normalized spacial score (nSPS) is 26.8. The monoisotopic (exact) mass is 756 g/mol. The fraction of sp³-hybridized carbons (Fsp3) is 0.475. The Bertz CT molecular complexity index is 2020. The van der Waals surface area contributed by atoms with Gasteiger partial charge in [0.15, 0.2) is 29.8 Å². The third-order valence-electron chi connectivity index (χ3n) is 11.4. The number of nitrogens with one attached hydrogen (secondary N) is 1. The molecule has 0 saturated carbocycles. The molecule has 0 spiro atoms. The smallest absolute Gasteiger partial charge is 0.324 e. The van der Waals surface area contributed by atoms with Crippen molar-refractivity contribution in [2.24, 2.45) is 0 Å². The van der Waals surface area contributed by atoms with E-state index < -0.39 is 35.4 Å². The molecule has 6 aliphatic rings. The van der Waals surface area contributed by atoms with Crippen molar-refractivity contribution in [1.82, 2.24) is 15.1 Å². The lowest BCUT2D eigenvalue weighted by molar-refractivity contribution is -0.151. The summed E-state index contributed by atoms with van der Waals surface area (Å²) in [5.74, 6) is 2.07. The molecule has 7 atom stereocenters. The first-order valence-corrected chi connectivity index (χ1v) is 19.1. The van der Waals surface area contributed by atoms with Crippen LogP contribution in [-0.2, 0) is 32.0 Å². The van der Waals surface area contributed by atoms with Gasteiger partial charge in [0.25, 0.3) is 0 Å². The van der Waals surface area contributed by atoms with E-state index in [1.54, 1.807) is 26.0 Å². The Labute approximate surface area is 318 Å². The molecule has 2 saturated heterocycles. The predicted octanol–water partition coefficient (Wildman–Crippen LogP) is 4.67. The maximum Gasteiger partial charge on any atom is 0.324 e. The summed E-state index contributed by atoms with van der Waals surface area (Å²) in [6, 6.07) is 11.9. The second-order valence-electron chi connectivity index (χ2n) is 14.3. The van der Waals surface area contributed by atoms with E-state index in [0.717, 1.165) is 27.8 Å². The van der Waals surface area contributed by atoms with Crippen LogP contribution in [0.25, 0.3) is 0 Å². The van der Waals surface area contributed by atoms with Gasteiger partial charge in [-0.05, 0) is 44.0 Å². The number of carbonyl (C=O) groups is 2. The Kier molecular flexibility index (Phi) is 9.87. The van der Waals surface area contributed by atoms with Crippen molar-refractivity contribution in [3.63, 3.8) is 0 Å². The van der Waals surface area contributed by atoms with Crippen LogP contribution in [0.1, 0.15) is 63.2 Å². The first-order valence-electron chi connectivity index (χ1n) is 18.1. The lowest BCUT2D eigenvalue weighted by Gasteiger charge is -2.61. The third kappa shape index (κ3) is 5.84. The summed E-state index contributed by atoms with van der Waals surface area (Å²) in [5, 5.41) is 14.1. The number of hydrogen-bond donors (Lipinski definition) is 1. The average molecular weight is 757 g/mol. The summed E-state index contributed by atoms with van der Waals surface area (Å²) >= 11 is 1.57. The van der Waals surface area contributed by atoms with Gasteiger partial charge in [0.2, 0.25) is 6.79 Å². The number of esters is 2. The highest BCUT2D eigenvalue weighted by molar-refractivity contribution is 7.99. The molecule has 3 aromatic rings. The van der Waals surface area contributed by atoms with Gasteiger partial charge in [-0.25, -0.2) is 0 Å². The SMILES string of the molecule is COCOc1c(OC)c(C)cc2c1[C@@H]1C3[C@@H]4SCC(NCc5ccccc5)C(=O)OC[C@@H](c5c6c(c(C)c(OC(C)=O)c54)OCO6)N3[C@@H](C#N)[C@H](C2)N1C. The molecule has 0 amide bonds. The number of ether oxygens (including phenoxy) is 7. The third-order valence-corrected chi connectivity index (χ3v) is 12.8. The number of fused-ring (bicyclic) bond motifs is 10. The number of thioether (sulfide) groups is 1. The summed E-state index contributed by atoms with van der Waals surface area (Å²) in [6.07, 6.45) is 0.574. The summed E-state index contributed by atoms with van der Waals surface area (Å²) in [6.45, 7) is 5.63. The second-order valence-corrected chi connectivity index (χ2v) is 15.5. The molecule has 9 rings (SSSR count). The first kappa shape index (κ1) is 36.5. The van der Waals surface area contributed by atoms with Gasteiger partial charge in [0, 0.05) is 60.7 Å². The summed E-state index contributed by atoms with van der Waals surface area (Å²) in [4.78, 5) is 31.4. The maximum absolute atomic E-state index is 14.0. The number of nitrogens with zero attached hydrogens (tertiary/aromatic N) is 3. The molecule has 2 unspecified atom stereocenters. The molecule has 2 fully saturated rings. The van der Waals surface area contributed by atoms with E-state index in [0.29, 0.717) is 58.6 Å². The molecule has 0 radical (unpaired) electrons. The van der Waals surface area contributed by atoms with E-state index >= 15 is 0 Å². The predicted molar refractivity (Wildman–Crippen MR) is 198 cm³/mol. The standard InChI is InChI=1S/C40H44N4O9S/c1-20-12-24-13-26-27(14-41)44-28-16-49-40(46)25(42-15-23-10-8-7-9-11-23)17-54-39(31-30(28)38-36(51-19-52-38)21(2)35(31)53-22(3)45)33(44)32(43(26)4)29(24)37(34(20)48-6)50-18-47-5/h7-12,25-28,32-33,39,42H,13,15-19H2,1-6H3/t25?,26-,27-,28-,32+,33?,39+/m0/s1. The van der Waals surface area contributed by atoms with Gasteiger partial charge in [-0.1, -0.05) is 36.4 Å². The average Bonchev–Trinajstić information content (AvgIpc) is 3.65. The second kappa shape index (κ2) is 14.6. The van der Waals surface area contributed by atoms with Crippen molar-refractivity contribution >= 4 is 23.7 Å².